The second-order valence-corrected chi connectivity index (χ2v) is 6.21. The molecule has 0 radical (unpaired) electrons. The Bertz CT molecular complexity index is 718. The number of hydrogen-bond donors (Lipinski definition) is 2. The summed E-state index contributed by atoms with van der Waals surface area (Å²) in [5.74, 6) is 0. The van der Waals surface area contributed by atoms with Crippen LogP contribution in [0, 0.1) is 0 Å². The summed E-state index contributed by atoms with van der Waals surface area (Å²) in [5, 5.41) is 16.0. The van der Waals surface area contributed by atoms with E-state index >= 15 is 0 Å². The van der Waals surface area contributed by atoms with Crippen LogP contribution in [0.25, 0.3) is 10.9 Å². The van der Waals surface area contributed by atoms with E-state index in [0.717, 1.165) is 4.68 Å². The van der Waals surface area contributed by atoms with Gasteiger partial charge >= 0.3 is 12.2 Å². The number of carbonyl (C=O) groups excluding carboxylic acids is 1. The van der Waals surface area contributed by atoms with E-state index in [-0.39, 0.29) is 0 Å². The van der Waals surface area contributed by atoms with Crippen molar-refractivity contribution in [2.45, 2.75) is 26.4 Å². The minimum atomic E-state index is -1.18. The van der Waals surface area contributed by atoms with Crippen LogP contribution in [0.4, 0.5) is 15.3 Å². The highest BCUT2D eigenvalue weighted by Crippen LogP contribution is 2.29. The third-order valence-corrected chi connectivity index (χ3v) is 3.13. The lowest BCUT2D eigenvalue weighted by Gasteiger charge is -2.20. The molecule has 7 nitrogen and oxygen atoms in total. The van der Waals surface area contributed by atoms with Gasteiger partial charge in [-0.3, -0.25) is 5.32 Å². The summed E-state index contributed by atoms with van der Waals surface area (Å²) in [6.45, 7) is 5.30. The van der Waals surface area contributed by atoms with E-state index in [2.05, 4.69) is 26.3 Å². The Morgan fingerprint density at radius 2 is 2.05 bits per heavy atom. The van der Waals surface area contributed by atoms with Crippen molar-refractivity contribution in [3.05, 3.63) is 22.8 Å². The summed E-state index contributed by atoms with van der Waals surface area (Å²) >= 11 is 3.29. The Hall–Kier alpha value is -2.09. The summed E-state index contributed by atoms with van der Waals surface area (Å²) in [6.07, 6.45) is -0.353. The van der Waals surface area contributed by atoms with Crippen molar-refractivity contribution >= 4 is 44.7 Å². The van der Waals surface area contributed by atoms with Crippen molar-refractivity contribution in [2.75, 3.05) is 5.32 Å². The topological polar surface area (TPSA) is 93.5 Å². The van der Waals surface area contributed by atoms with Crippen LogP contribution in [0.2, 0.25) is 0 Å². The fourth-order valence-corrected chi connectivity index (χ4v) is 2.14. The van der Waals surface area contributed by atoms with E-state index in [1.165, 1.54) is 6.20 Å². The number of rotatable bonds is 1. The average Bonchev–Trinajstić information content (AvgIpc) is 2.69. The molecule has 0 aliphatic rings. The highest BCUT2D eigenvalue weighted by Gasteiger charge is 2.18. The number of fused-ring (bicyclic) bond motifs is 1. The maximum absolute atomic E-state index is 11.8. The zero-order valence-electron chi connectivity index (χ0n) is 11.7. The smallest absolute Gasteiger partial charge is 0.432 e. The zero-order chi connectivity index (χ0) is 15.8. The molecule has 8 heteroatoms. The molecular weight excluding hydrogens is 342 g/mol. The maximum atomic E-state index is 11.8. The van der Waals surface area contributed by atoms with E-state index in [1.54, 1.807) is 32.9 Å². The fraction of sp³-hybridized carbons (Fsp3) is 0.308. The van der Waals surface area contributed by atoms with Gasteiger partial charge in [-0.2, -0.15) is 9.78 Å². The van der Waals surface area contributed by atoms with Crippen molar-refractivity contribution in [1.29, 1.82) is 0 Å². The molecule has 1 amide bonds. The number of carbonyl (C=O) groups is 2. The normalized spacial score (nSPS) is 11.4. The number of benzene rings is 1. The summed E-state index contributed by atoms with van der Waals surface area (Å²) in [7, 11) is 0. The molecule has 0 spiro atoms. The molecule has 0 aliphatic carbocycles. The van der Waals surface area contributed by atoms with Crippen molar-refractivity contribution < 1.29 is 19.4 Å². The lowest BCUT2D eigenvalue weighted by atomic mass is 10.2. The van der Waals surface area contributed by atoms with E-state index < -0.39 is 17.8 Å². The average molecular weight is 356 g/mol. The van der Waals surface area contributed by atoms with Gasteiger partial charge in [0.1, 0.15) is 5.60 Å². The van der Waals surface area contributed by atoms with Crippen LogP contribution < -0.4 is 5.32 Å². The van der Waals surface area contributed by atoms with Gasteiger partial charge in [-0.05, 0) is 48.8 Å². The Morgan fingerprint density at radius 3 is 2.62 bits per heavy atom. The number of ether oxygens (including phenoxy) is 1. The van der Waals surface area contributed by atoms with Crippen LogP contribution in [0.5, 0.6) is 0 Å². The van der Waals surface area contributed by atoms with Gasteiger partial charge in [0.2, 0.25) is 0 Å². The first kappa shape index (κ1) is 15.3. The molecule has 2 aromatic rings. The van der Waals surface area contributed by atoms with Crippen molar-refractivity contribution in [2.24, 2.45) is 0 Å². The fourth-order valence-electron chi connectivity index (χ4n) is 1.71. The Labute approximate surface area is 129 Å². The standard InChI is InChI=1S/C13H14BrN3O4/c1-13(2,3)21-11(18)16-9-4-7-6-15-17(12(19)20)10(7)5-8(9)14/h4-6H,1-3H3,(H,16,18)(H,19,20). The van der Waals surface area contributed by atoms with Gasteiger partial charge in [0, 0.05) is 9.86 Å². The third-order valence-electron chi connectivity index (χ3n) is 2.47. The molecule has 0 fully saturated rings. The predicted molar refractivity (Wildman–Crippen MR) is 80.7 cm³/mol. The Balaban J connectivity index is 2.32. The van der Waals surface area contributed by atoms with Crippen LogP contribution in [0.1, 0.15) is 20.8 Å². The highest BCUT2D eigenvalue weighted by atomic mass is 79.9. The molecular formula is C13H14BrN3O4. The molecule has 112 valence electrons. The lowest BCUT2D eigenvalue weighted by Crippen LogP contribution is -2.27. The molecule has 2 rings (SSSR count). The summed E-state index contributed by atoms with van der Waals surface area (Å²) in [6, 6.07) is 3.19. The van der Waals surface area contributed by atoms with Crippen LogP contribution in [0.3, 0.4) is 0 Å². The number of hydrogen-bond acceptors (Lipinski definition) is 4. The molecule has 0 saturated carbocycles. The van der Waals surface area contributed by atoms with Gasteiger partial charge in [0.05, 0.1) is 17.4 Å². The largest absolute Gasteiger partial charge is 0.463 e. The van der Waals surface area contributed by atoms with Crippen LogP contribution in [-0.4, -0.2) is 32.7 Å². The Kier molecular flexibility index (Phi) is 3.91. The number of aromatic nitrogens is 2. The molecule has 1 heterocycles. The number of halogens is 1. The first-order chi connectivity index (χ1) is 9.67. The number of carboxylic acid groups (broad SMARTS) is 1. The molecule has 0 saturated heterocycles. The maximum Gasteiger partial charge on any atom is 0.432 e. The first-order valence-corrected chi connectivity index (χ1v) is 6.87. The summed E-state index contributed by atoms with van der Waals surface area (Å²) in [4.78, 5) is 22.8. The molecule has 2 N–H and O–H groups in total. The second kappa shape index (κ2) is 5.36. The molecule has 1 aromatic heterocycles. The summed E-state index contributed by atoms with van der Waals surface area (Å²) < 4.78 is 6.56. The van der Waals surface area contributed by atoms with E-state index in [0.29, 0.717) is 21.1 Å². The molecule has 0 atom stereocenters. The van der Waals surface area contributed by atoms with E-state index in [9.17, 15) is 9.59 Å². The van der Waals surface area contributed by atoms with Gasteiger partial charge in [0.15, 0.2) is 0 Å². The van der Waals surface area contributed by atoms with Gasteiger partial charge in [-0.15, -0.1) is 0 Å². The molecule has 0 unspecified atom stereocenters. The van der Waals surface area contributed by atoms with Crippen LogP contribution >= 0.6 is 15.9 Å². The second-order valence-electron chi connectivity index (χ2n) is 5.36. The van der Waals surface area contributed by atoms with Crippen molar-refractivity contribution in [3.8, 4) is 0 Å². The van der Waals surface area contributed by atoms with E-state index in [1.807, 2.05) is 0 Å². The molecule has 21 heavy (non-hydrogen) atoms. The van der Waals surface area contributed by atoms with Crippen LogP contribution in [-0.2, 0) is 4.74 Å². The minimum Gasteiger partial charge on any atom is -0.463 e. The monoisotopic (exact) mass is 355 g/mol. The van der Waals surface area contributed by atoms with Gasteiger partial charge in [0.25, 0.3) is 0 Å². The van der Waals surface area contributed by atoms with Gasteiger partial charge in [-0.25, -0.2) is 9.59 Å². The lowest BCUT2D eigenvalue weighted by molar-refractivity contribution is 0.0636. The molecule has 0 aliphatic heterocycles. The third kappa shape index (κ3) is 3.52. The van der Waals surface area contributed by atoms with Gasteiger partial charge in [-0.1, -0.05) is 0 Å². The SMILES string of the molecule is CC(C)(C)OC(=O)Nc1cc2cnn(C(=O)O)c2cc1Br. The quantitative estimate of drug-likeness (QED) is 0.813. The van der Waals surface area contributed by atoms with Gasteiger partial charge < -0.3 is 9.84 Å². The van der Waals surface area contributed by atoms with E-state index in [4.69, 9.17) is 9.84 Å². The number of anilines is 1. The number of nitrogens with one attached hydrogen (secondary N) is 1. The van der Waals surface area contributed by atoms with Crippen LogP contribution in [0.15, 0.2) is 22.8 Å². The molecule has 0 bridgehead atoms. The molecule has 1 aromatic carbocycles. The first-order valence-electron chi connectivity index (χ1n) is 6.08. The highest BCUT2D eigenvalue weighted by molar-refractivity contribution is 9.10. The number of nitrogens with zero attached hydrogens (tertiary/aromatic N) is 2. The summed E-state index contributed by atoms with van der Waals surface area (Å²) in [5.41, 5.74) is 0.292. The zero-order valence-corrected chi connectivity index (χ0v) is 13.3. The number of amides is 1. The van der Waals surface area contributed by atoms with Crippen molar-refractivity contribution in [3.63, 3.8) is 0 Å². The van der Waals surface area contributed by atoms with Crippen molar-refractivity contribution in [1.82, 2.24) is 9.78 Å². The predicted octanol–water partition coefficient (Wildman–Crippen LogP) is 3.67. The minimum absolute atomic E-state index is 0.420. The Morgan fingerprint density at radius 1 is 1.38 bits per heavy atom.